The van der Waals surface area contributed by atoms with Gasteiger partial charge >= 0.3 is 0 Å². The van der Waals surface area contributed by atoms with Crippen LogP contribution in [0.2, 0.25) is 5.02 Å². The van der Waals surface area contributed by atoms with Crippen LogP contribution < -0.4 is 0 Å². The van der Waals surface area contributed by atoms with Gasteiger partial charge in [-0.1, -0.05) is 29.8 Å². The first kappa shape index (κ1) is 22.9. The molecule has 1 aromatic heterocycles. The van der Waals surface area contributed by atoms with Crippen LogP contribution in [-0.4, -0.2) is 54.8 Å². The number of aromatic amines is 1. The number of hydrogen-bond donors (Lipinski definition) is 1. The third kappa shape index (κ3) is 5.14. The lowest BCUT2D eigenvalue weighted by Gasteiger charge is -2.33. The number of nitrogens with one attached hydrogen (secondary N) is 1. The van der Waals surface area contributed by atoms with E-state index in [1.807, 2.05) is 30.5 Å². The van der Waals surface area contributed by atoms with Gasteiger partial charge in [-0.2, -0.15) is 4.31 Å². The fourth-order valence-corrected chi connectivity index (χ4v) is 7.31. The number of piperidine rings is 1. The normalized spacial score (nSPS) is 21.2. The van der Waals surface area contributed by atoms with Gasteiger partial charge in [0.15, 0.2) is 0 Å². The summed E-state index contributed by atoms with van der Waals surface area (Å²) in [5.74, 6) is 0.716. The Balaban J connectivity index is 1.15. The van der Waals surface area contributed by atoms with Gasteiger partial charge in [0.05, 0.1) is 4.90 Å². The molecule has 1 N–H and O–H groups in total. The Morgan fingerprint density at radius 3 is 2.55 bits per heavy atom. The van der Waals surface area contributed by atoms with Gasteiger partial charge in [-0.25, -0.2) is 8.42 Å². The summed E-state index contributed by atoms with van der Waals surface area (Å²) in [6, 6.07) is 15.7. The summed E-state index contributed by atoms with van der Waals surface area (Å²) in [5.41, 5.74) is 2.23. The number of halogens is 1. The van der Waals surface area contributed by atoms with Gasteiger partial charge in [0, 0.05) is 29.3 Å². The summed E-state index contributed by atoms with van der Waals surface area (Å²) in [5, 5.41) is 1.83. The molecule has 2 aliphatic rings. The highest BCUT2D eigenvalue weighted by Gasteiger charge is 2.35. The molecule has 0 spiro atoms. The number of fused-ring (bicyclic) bond motifs is 1. The molecule has 0 saturated carbocycles. The van der Waals surface area contributed by atoms with E-state index < -0.39 is 10.0 Å². The summed E-state index contributed by atoms with van der Waals surface area (Å²) >= 11 is 6.00. The van der Waals surface area contributed by atoms with E-state index in [9.17, 15) is 8.42 Å². The second-order valence-corrected chi connectivity index (χ2v) is 11.9. The maximum Gasteiger partial charge on any atom is 0.243 e. The maximum absolute atomic E-state index is 13.4. The minimum atomic E-state index is -3.47. The Morgan fingerprint density at radius 2 is 1.76 bits per heavy atom. The Hall–Kier alpha value is -1.86. The molecule has 2 fully saturated rings. The van der Waals surface area contributed by atoms with Crippen LogP contribution in [0.15, 0.2) is 59.6 Å². The molecule has 1 atom stereocenters. The average molecular weight is 486 g/mol. The molecule has 3 heterocycles. The second-order valence-electron chi connectivity index (χ2n) is 9.54. The third-order valence-corrected chi connectivity index (χ3v) is 9.58. The van der Waals surface area contributed by atoms with Crippen molar-refractivity contribution in [2.45, 2.75) is 49.5 Å². The first-order chi connectivity index (χ1) is 16.0. The van der Waals surface area contributed by atoms with Crippen molar-refractivity contribution in [1.29, 1.82) is 0 Å². The van der Waals surface area contributed by atoms with Crippen molar-refractivity contribution in [3.8, 4) is 0 Å². The highest BCUT2D eigenvalue weighted by Crippen LogP contribution is 2.30. The molecule has 0 aliphatic carbocycles. The molecule has 2 aliphatic heterocycles. The monoisotopic (exact) mass is 485 g/mol. The van der Waals surface area contributed by atoms with E-state index in [0.717, 1.165) is 61.2 Å². The van der Waals surface area contributed by atoms with Crippen LogP contribution >= 0.6 is 11.6 Å². The lowest BCUT2D eigenvalue weighted by Crippen LogP contribution is -2.40. The summed E-state index contributed by atoms with van der Waals surface area (Å²) in [6.07, 6.45) is 8.17. The topological polar surface area (TPSA) is 56.4 Å². The fourth-order valence-electron chi connectivity index (χ4n) is 5.44. The lowest BCUT2D eigenvalue weighted by molar-refractivity contribution is 0.172. The van der Waals surface area contributed by atoms with Gasteiger partial charge in [0.25, 0.3) is 0 Å². The van der Waals surface area contributed by atoms with Crippen LogP contribution in [0.3, 0.4) is 0 Å². The van der Waals surface area contributed by atoms with Crippen LogP contribution in [0.1, 0.15) is 37.7 Å². The van der Waals surface area contributed by atoms with Gasteiger partial charge in [0.1, 0.15) is 0 Å². The molecular formula is C26H32ClN3O2S. The fraction of sp³-hybridized carbons (Fsp3) is 0.462. The molecule has 0 bridgehead atoms. The molecular weight excluding hydrogens is 454 g/mol. The summed E-state index contributed by atoms with van der Waals surface area (Å²) in [7, 11) is -3.47. The second kappa shape index (κ2) is 9.79. The smallest absolute Gasteiger partial charge is 0.243 e. The van der Waals surface area contributed by atoms with Crippen molar-refractivity contribution in [1.82, 2.24) is 14.2 Å². The molecule has 0 unspecified atom stereocenters. The molecule has 5 rings (SSSR count). The van der Waals surface area contributed by atoms with E-state index >= 15 is 0 Å². The Kier molecular flexibility index (Phi) is 6.79. The van der Waals surface area contributed by atoms with Crippen molar-refractivity contribution in [3.05, 3.63) is 65.3 Å². The standard InChI is InChI=1S/C26H32ClN3O2S/c27-23-6-3-20(4-7-23)18-21-10-15-29(16-11-21)17-12-24-2-1-14-30(24)33(31,32)25-8-5-22-9-13-28-26(22)19-25/h3-9,13,19,21,24,28H,1-2,10-12,14-18H2/t24-/m1/s1. The average Bonchev–Trinajstić information content (AvgIpc) is 3.49. The lowest BCUT2D eigenvalue weighted by atomic mass is 9.90. The van der Waals surface area contributed by atoms with E-state index in [2.05, 4.69) is 22.0 Å². The first-order valence-corrected chi connectivity index (χ1v) is 13.9. The number of hydrogen-bond acceptors (Lipinski definition) is 3. The molecule has 2 saturated heterocycles. The minimum absolute atomic E-state index is 0.0983. The van der Waals surface area contributed by atoms with E-state index in [1.165, 1.54) is 18.4 Å². The summed E-state index contributed by atoms with van der Waals surface area (Å²) in [6.45, 7) is 3.79. The zero-order valence-electron chi connectivity index (χ0n) is 18.9. The number of rotatable bonds is 7. The zero-order chi connectivity index (χ0) is 22.8. The Labute approximate surface area is 201 Å². The molecule has 2 aromatic carbocycles. The highest BCUT2D eigenvalue weighted by atomic mass is 35.5. The van der Waals surface area contributed by atoms with Crippen LogP contribution in [0.5, 0.6) is 0 Å². The van der Waals surface area contributed by atoms with Gasteiger partial charge in [-0.15, -0.1) is 0 Å². The molecule has 7 heteroatoms. The van der Waals surface area contributed by atoms with E-state index in [4.69, 9.17) is 11.6 Å². The number of aromatic nitrogens is 1. The molecule has 176 valence electrons. The SMILES string of the molecule is O=S(=O)(c1ccc2cc[nH]c2c1)N1CCC[C@@H]1CCN1CCC(Cc2ccc(Cl)cc2)CC1. The van der Waals surface area contributed by atoms with Crippen LogP contribution in [-0.2, 0) is 16.4 Å². The van der Waals surface area contributed by atoms with Crippen molar-refractivity contribution in [2.24, 2.45) is 5.92 Å². The number of sulfonamides is 1. The summed E-state index contributed by atoms with van der Waals surface area (Å²) < 4.78 is 28.5. The van der Waals surface area contributed by atoms with E-state index in [-0.39, 0.29) is 6.04 Å². The molecule has 0 amide bonds. The largest absolute Gasteiger partial charge is 0.361 e. The Bertz CT molecular complexity index is 1180. The number of likely N-dealkylation sites (tertiary alicyclic amines) is 1. The minimum Gasteiger partial charge on any atom is -0.361 e. The Morgan fingerprint density at radius 1 is 0.970 bits per heavy atom. The van der Waals surface area contributed by atoms with Crippen LogP contribution in [0.4, 0.5) is 0 Å². The van der Waals surface area contributed by atoms with Crippen molar-refractivity contribution >= 4 is 32.5 Å². The molecule has 5 nitrogen and oxygen atoms in total. The van der Waals surface area contributed by atoms with E-state index in [1.54, 1.807) is 16.4 Å². The van der Waals surface area contributed by atoms with Crippen molar-refractivity contribution in [3.63, 3.8) is 0 Å². The van der Waals surface area contributed by atoms with Gasteiger partial charge in [0.2, 0.25) is 10.0 Å². The van der Waals surface area contributed by atoms with Gasteiger partial charge in [-0.3, -0.25) is 0 Å². The van der Waals surface area contributed by atoms with Crippen LogP contribution in [0.25, 0.3) is 10.9 Å². The predicted octanol–water partition coefficient (Wildman–Crippen LogP) is 5.32. The van der Waals surface area contributed by atoms with Crippen molar-refractivity contribution < 1.29 is 8.42 Å². The first-order valence-electron chi connectivity index (χ1n) is 12.0. The highest BCUT2D eigenvalue weighted by molar-refractivity contribution is 7.89. The molecule has 0 radical (unpaired) electrons. The quantitative estimate of drug-likeness (QED) is 0.492. The number of benzene rings is 2. The molecule has 3 aromatic rings. The predicted molar refractivity (Wildman–Crippen MR) is 134 cm³/mol. The number of nitrogens with zero attached hydrogens (tertiary/aromatic N) is 2. The third-order valence-electron chi connectivity index (χ3n) is 7.38. The maximum atomic E-state index is 13.4. The number of H-pyrrole nitrogens is 1. The van der Waals surface area contributed by atoms with Gasteiger partial charge < -0.3 is 9.88 Å². The van der Waals surface area contributed by atoms with Crippen LogP contribution in [0, 0.1) is 5.92 Å². The van der Waals surface area contributed by atoms with Crippen molar-refractivity contribution in [2.75, 3.05) is 26.2 Å². The zero-order valence-corrected chi connectivity index (χ0v) is 20.5. The summed E-state index contributed by atoms with van der Waals surface area (Å²) in [4.78, 5) is 6.04. The molecule has 33 heavy (non-hydrogen) atoms. The van der Waals surface area contributed by atoms with Gasteiger partial charge in [-0.05, 0) is 105 Å². The van der Waals surface area contributed by atoms with E-state index in [0.29, 0.717) is 17.4 Å².